The number of carbonyl (C=O) groups is 2. The van der Waals surface area contributed by atoms with E-state index >= 15 is 0 Å². The summed E-state index contributed by atoms with van der Waals surface area (Å²) < 4.78 is 44.6. The average molecular weight is 388 g/mol. The lowest BCUT2D eigenvalue weighted by atomic mass is 10.1. The molecule has 1 fully saturated rings. The van der Waals surface area contributed by atoms with Crippen LogP contribution in [0.15, 0.2) is 29.2 Å². The summed E-state index contributed by atoms with van der Waals surface area (Å²) in [4.78, 5) is 24.6. The van der Waals surface area contributed by atoms with E-state index in [4.69, 9.17) is 9.84 Å². The molecule has 1 aliphatic rings. The molecule has 1 amide bonds. The molecule has 0 aromatic heterocycles. The Morgan fingerprint density at radius 3 is 2.58 bits per heavy atom. The third-order valence-electron chi connectivity index (χ3n) is 4.19. The topological polar surface area (TPSA) is 113 Å². The molecule has 1 heterocycles. The summed E-state index contributed by atoms with van der Waals surface area (Å²) in [5.74, 6) is -1.91. The van der Waals surface area contributed by atoms with Crippen LogP contribution in [0.4, 0.5) is 4.39 Å². The van der Waals surface area contributed by atoms with E-state index < -0.39 is 27.9 Å². The lowest BCUT2D eigenvalue weighted by Gasteiger charge is -2.23. The molecule has 2 rings (SSSR count). The fourth-order valence-corrected chi connectivity index (χ4v) is 3.91. The molecule has 0 saturated carbocycles. The minimum atomic E-state index is -3.85. The van der Waals surface area contributed by atoms with Crippen LogP contribution < -0.4 is 4.72 Å². The SMILES string of the molecule is COC1CC(CC(=O)O)N(C(=O)CCNS(=O)(=O)c2ccc(F)cc2)C1. The Labute approximate surface area is 151 Å². The summed E-state index contributed by atoms with van der Waals surface area (Å²) in [6.45, 7) is 0.129. The van der Waals surface area contributed by atoms with Crippen molar-refractivity contribution in [3.8, 4) is 0 Å². The van der Waals surface area contributed by atoms with Crippen molar-refractivity contribution in [2.45, 2.75) is 36.3 Å². The van der Waals surface area contributed by atoms with Crippen molar-refractivity contribution >= 4 is 21.9 Å². The summed E-state index contributed by atoms with van der Waals surface area (Å²) in [5.41, 5.74) is 0. The van der Waals surface area contributed by atoms with Gasteiger partial charge in [-0.25, -0.2) is 17.5 Å². The highest BCUT2D eigenvalue weighted by molar-refractivity contribution is 7.89. The predicted octanol–water partition coefficient (Wildman–Crippen LogP) is 0.585. The zero-order valence-electron chi connectivity index (χ0n) is 14.2. The number of benzene rings is 1. The number of nitrogens with zero attached hydrogens (tertiary/aromatic N) is 1. The molecule has 2 N–H and O–H groups in total. The van der Waals surface area contributed by atoms with E-state index in [1.165, 1.54) is 12.0 Å². The van der Waals surface area contributed by atoms with Gasteiger partial charge in [-0.3, -0.25) is 9.59 Å². The van der Waals surface area contributed by atoms with E-state index in [1.54, 1.807) is 0 Å². The van der Waals surface area contributed by atoms with Crippen LogP contribution in [0, 0.1) is 5.82 Å². The Morgan fingerprint density at radius 2 is 2.00 bits per heavy atom. The number of hydrogen-bond acceptors (Lipinski definition) is 5. The first-order valence-corrected chi connectivity index (χ1v) is 9.50. The number of nitrogens with one attached hydrogen (secondary N) is 1. The second-order valence-corrected chi connectivity index (χ2v) is 7.76. The van der Waals surface area contributed by atoms with Gasteiger partial charge in [0.15, 0.2) is 0 Å². The Morgan fingerprint density at radius 1 is 1.35 bits per heavy atom. The molecule has 144 valence electrons. The van der Waals surface area contributed by atoms with Crippen LogP contribution in [-0.4, -0.2) is 62.6 Å². The van der Waals surface area contributed by atoms with Crippen molar-refractivity contribution < 1.29 is 32.2 Å². The molecule has 2 unspecified atom stereocenters. The van der Waals surface area contributed by atoms with Crippen LogP contribution >= 0.6 is 0 Å². The fraction of sp³-hybridized carbons (Fsp3) is 0.500. The van der Waals surface area contributed by atoms with Gasteiger partial charge in [0.25, 0.3) is 0 Å². The number of hydrogen-bond donors (Lipinski definition) is 2. The van der Waals surface area contributed by atoms with Crippen molar-refractivity contribution in [2.75, 3.05) is 20.2 Å². The Hall–Kier alpha value is -2.04. The van der Waals surface area contributed by atoms with E-state index in [9.17, 15) is 22.4 Å². The molecule has 10 heteroatoms. The predicted molar refractivity (Wildman–Crippen MR) is 89.4 cm³/mol. The number of aliphatic carboxylic acids is 1. The van der Waals surface area contributed by atoms with Gasteiger partial charge >= 0.3 is 5.97 Å². The van der Waals surface area contributed by atoms with Gasteiger partial charge in [-0.1, -0.05) is 0 Å². The van der Waals surface area contributed by atoms with E-state index in [0.717, 1.165) is 24.3 Å². The van der Waals surface area contributed by atoms with Gasteiger partial charge in [0.2, 0.25) is 15.9 Å². The number of sulfonamides is 1. The van der Waals surface area contributed by atoms with Gasteiger partial charge in [-0.2, -0.15) is 0 Å². The number of amides is 1. The maximum atomic E-state index is 12.9. The second-order valence-electron chi connectivity index (χ2n) is 5.99. The zero-order chi connectivity index (χ0) is 19.3. The monoisotopic (exact) mass is 388 g/mol. The summed E-state index contributed by atoms with van der Waals surface area (Å²) in [6, 6.07) is 3.85. The fourth-order valence-electron chi connectivity index (χ4n) is 2.88. The van der Waals surface area contributed by atoms with Crippen LogP contribution in [0.2, 0.25) is 0 Å². The first-order valence-electron chi connectivity index (χ1n) is 8.02. The number of carboxylic acid groups (broad SMARTS) is 1. The molecule has 1 aliphatic heterocycles. The summed E-state index contributed by atoms with van der Waals surface area (Å²) in [6.07, 6.45) is -0.116. The van der Waals surface area contributed by atoms with Crippen molar-refractivity contribution in [3.05, 3.63) is 30.1 Å². The third kappa shape index (κ3) is 5.23. The number of ether oxygens (including phenoxy) is 1. The Bertz CT molecular complexity index is 753. The number of rotatable bonds is 8. The highest BCUT2D eigenvalue weighted by Crippen LogP contribution is 2.23. The first-order chi connectivity index (χ1) is 12.2. The molecule has 1 aromatic carbocycles. The lowest BCUT2D eigenvalue weighted by Crippen LogP contribution is -2.39. The van der Waals surface area contributed by atoms with Gasteiger partial charge < -0.3 is 14.7 Å². The van der Waals surface area contributed by atoms with E-state index in [1.807, 2.05) is 0 Å². The molecule has 0 radical (unpaired) electrons. The number of carboxylic acids is 1. The molecule has 0 aliphatic carbocycles. The quantitative estimate of drug-likeness (QED) is 0.674. The van der Waals surface area contributed by atoms with Gasteiger partial charge in [0, 0.05) is 32.7 Å². The number of methoxy groups -OCH3 is 1. The van der Waals surface area contributed by atoms with Gasteiger partial charge in [-0.05, 0) is 30.7 Å². The smallest absolute Gasteiger partial charge is 0.305 e. The second kappa shape index (κ2) is 8.56. The third-order valence-corrected chi connectivity index (χ3v) is 5.67. The first kappa shape index (κ1) is 20.3. The molecule has 2 atom stereocenters. The largest absolute Gasteiger partial charge is 0.481 e. The molecule has 1 aromatic rings. The van der Waals surface area contributed by atoms with Gasteiger partial charge in [-0.15, -0.1) is 0 Å². The van der Waals surface area contributed by atoms with Crippen LogP contribution in [0.5, 0.6) is 0 Å². The molecule has 8 nitrogen and oxygen atoms in total. The molecule has 0 bridgehead atoms. The van der Waals surface area contributed by atoms with Crippen LogP contribution in [0.3, 0.4) is 0 Å². The van der Waals surface area contributed by atoms with Crippen molar-refractivity contribution in [3.63, 3.8) is 0 Å². The van der Waals surface area contributed by atoms with E-state index in [2.05, 4.69) is 4.72 Å². The Kier molecular flexibility index (Phi) is 6.68. The highest BCUT2D eigenvalue weighted by Gasteiger charge is 2.36. The van der Waals surface area contributed by atoms with Crippen LogP contribution in [0.1, 0.15) is 19.3 Å². The van der Waals surface area contributed by atoms with Crippen LogP contribution in [-0.2, 0) is 24.3 Å². The zero-order valence-corrected chi connectivity index (χ0v) is 15.0. The average Bonchev–Trinajstić information content (AvgIpc) is 2.97. The molecule has 0 spiro atoms. The minimum absolute atomic E-state index is 0.101. The summed E-state index contributed by atoms with van der Waals surface area (Å²) in [5, 5.41) is 8.96. The normalized spacial score (nSPS) is 20.3. The Balaban J connectivity index is 1.92. The number of carbonyl (C=O) groups excluding carboxylic acids is 1. The van der Waals surface area contributed by atoms with Gasteiger partial charge in [0.05, 0.1) is 17.4 Å². The van der Waals surface area contributed by atoms with Crippen molar-refractivity contribution in [1.82, 2.24) is 9.62 Å². The number of likely N-dealkylation sites (tertiary alicyclic amines) is 1. The maximum Gasteiger partial charge on any atom is 0.305 e. The van der Waals surface area contributed by atoms with Gasteiger partial charge in [0.1, 0.15) is 5.82 Å². The van der Waals surface area contributed by atoms with E-state index in [-0.39, 0.29) is 42.8 Å². The standard InChI is InChI=1S/C16H21FN2O6S/c1-25-13-8-12(9-16(21)22)19(10-13)15(20)6-7-18-26(23,24)14-4-2-11(17)3-5-14/h2-5,12-13,18H,6-10H2,1H3,(H,21,22). The van der Waals surface area contributed by atoms with E-state index in [0.29, 0.717) is 6.42 Å². The molecular weight excluding hydrogens is 367 g/mol. The molecular formula is C16H21FN2O6S. The summed E-state index contributed by atoms with van der Waals surface area (Å²) >= 11 is 0. The van der Waals surface area contributed by atoms with Crippen LogP contribution in [0.25, 0.3) is 0 Å². The summed E-state index contributed by atoms with van der Waals surface area (Å²) in [7, 11) is -2.36. The lowest BCUT2D eigenvalue weighted by molar-refractivity contribution is -0.139. The molecule has 26 heavy (non-hydrogen) atoms. The highest BCUT2D eigenvalue weighted by atomic mass is 32.2. The molecule has 1 saturated heterocycles. The minimum Gasteiger partial charge on any atom is -0.481 e. The number of halogens is 1. The van der Waals surface area contributed by atoms with Crippen molar-refractivity contribution in [2.24, 2.45) is 0 Å². The van der Waals surface area contributed by atoms with Crippen molar-refractivity contribution in [1.29, 1.82) is 0 Å². The maximum absolute atomic E-state index is 12.9.